The van der Waals surface area contributed by atoms with Gasteiger partial charge in [0.25, 0.3) is 0 Å². The van der Waals surface area contributed by atoms with Crippen LogP contribution >= 0.6 is 11.6 Å². The van der Waals surface area contributed by atoms with Crippen molar-refractivity contribution >= 4 is 23.5 Å². The van der Waals surface area contributed by atoms with E-state index < -0.39 is 0 Å². The maximum atomic E-state index is 13.1. The lowest BCUT2D eigenvalue weighted by Gasteiger charge is -1.99. The van der Waals surface area contributed by atoms with E-state index in [1.165, 1.54) is 18.2 Å². The molecule has 0 heterocycles. The molecule has 96 valence electrons. The van der Waals surface area contributed by atoms with Crippen molar-refractivity contribution in [2.24, 2.45) is 0 Å². The van der Waals surface area contributed by atoms with E-state index >= 15 is 0 Å². The summed E-state index contributed by atoms with van der Waals surface area (Å²) in [5, 5.41) is 0.651. The Kier molecular flexibility index (Phi) is 4.13. The summed E-state index contributed by atoms with van der Waals surface area (Å²) < 4.78 is 13.1. The fraction of sp³-hybridized carbons (Fsp3) is 0.0625. The number of carbonyl (C=O) groups excluding carboxylic acids is 1. The molecular weight excluding hydrogens is 263 g/mol. The second-order valence-electron chi connectivity index (χ2n) is 4.21. The number of allylic oxidation sites excluding steroid dienone is 1. The Hall–Kier alpha value is -1.93. The Morgan fingerprint density at radius 1 is 1.16 bits per heavy atom. The van der Waals surface area contributed by atoms with Crippen molar-refractivity contribution in [3.05, 3.63) is 76.1 Å². The number of rotatable bonds is 3. The lowest BCUT2D eigenvalue weighted by atomic mass is 10.1. The summed E-state index contributed by atoms with van der Waals surface area (Å²) in [6.07, 6.45) is 3.17. The van der Waals surface area contributed by atoms with Crippen molar-refractivity contribution in [1.82, 2.24) is 0 Å². The highest BCUT2D eigenvalue weighted by atomic mass is 35.5. The van der Waals surface area contributed by atoms with Gasteiger partial charge in [-0.25, -0.2) is 4.39 Å². The third-order valence-electron chi connectivity index (χ3n) is 2.74. The second kappa shape index (κ2) is 5.81. The molecule has 0 radical (unpaired) electrons. The zero-order valence-corrected chi connectivity index (χ0v) is 11.1. The third kappa shape index (κ3) is 3.52. The van der Waals surface area contributed by atoms with Gasteiger partial charge in [-0.2, -0.15) is 0 Å². The fourth-order valence-electron chi connectivity index (χ4n) is 1.64. The van der Waals surface area contributed by atoms with E-state index in [9.17, 15) is 9.18 Å². The van der Waals surface area contributed by atoms with Gasteiger partial charge in [-0.1, -0.05) is 29.8 Å². The first kappa shape index (κ1) is 13.5. The standard InChI is InChI=1S/C16H12ClFO/c1-11-10-13(5-8-15(11)18)16(19)9-4-12-2-6-14(17)7-3-12/h2-10H,1H3. The molecule has 0 saturated carbocycles. The molecular formula is C16H12ClFO. The van der Waals surface area contributed by atoms with Gasteiger partial charge in [0.2, 0.25) is 0 Å². The Bertz CT molecular complexity index is 630. The Morgan fingerprint density at radius 2 is 1.84 bits per heavy atom. The average molecular weight is 275 g/mol. The zero-order chi connectivity index (χ0) is 13.8. The van der Waals surface area contributed by atoms with Crippen molar-refractivity contribution in [1.29, 1.82) is 0 Å². The number of hydrogen-bond acceptors (Lipinski definition) is 1. The number of ketones is 1. The molecule has 0 spiro atoms. The molecule has 19 heavy (non-hydrogen) atoms. The van der Waals surface area contributed by atoms with Crippen LogP contribution in [0.15, 0.2) is 48.5 Å². The lowest BCUT2D eigenvalue weighted by Crippen LogP contribution is -1.96. The maximum Gasteiger partial charge on any atom is 0.185 e. The van der Waals surface area contributed by atoms with Crippen LogP contribution in [0, 0.1) is 12.7 Å². The summed E-state index contributed by atoms with van der Waals surface area (Å²) in [5.74, 6) is -0.462. The van der Waals surface area contributed by atoms with Gasteiger partial charge < -0.3 is 0 Å². The highest BCUT2D eigenvalue weighted by Gasteiger charge is 2.04. The molecule has 0 aliphatic carbocycles. The van der Waals surface area contributed by atoms with Crippen LogP contribution in [0.5, 0.6) is 0 Å². The van der Waals surface area contributed by atoms with Gasteiger partial charge in [0, 0.05) is 10.6 Å². The van der Waals surface area contributed by atoms with Crippen molar-refractivity contribution < 1.29 is 9.18 Å². The molecule has 0 unspecified atom stereocenters. The molecule has 0 atom stereocenters. The number of carbonyl (C=O) groups is 1. The Morgan fingerprint density at radius 3 is 2.47 bits per heavy atom. The first-order valence-electron chi connectivity index (χ1n) is 5.80. The van der Waals surface area contributed by atoms with Crippen molar-refractivity contribution in [2.45, 2.75) is 6.92 Å². The molecule has 0 bridgehead atoms. The molecule has 0 N–H and O–H groups in total. The largest absolute Gasteiger partial charge is 0.289 e. The lowest BCUT2D eigenvalue weighted by molar-refractivity contribution is 0.104. The minimum absolute atomic E-state index is 0.155. The van der Waals surface area contributed by atoms with Crippen LogP contribution in [-0.4, -0.2) is 5.78 Å². The SMILES string of the molecule is Cc1cc(C(=O)C=Cc2ccc(Cl)cc2)ccc1F. The van der Waals surface area contributed by atoms with Gasteiger partial charge in [-0.3, -0.25) is 4.79 Å². The Labute approximate surface area is 116 Å². The Balaban J connectivity index is 2.16. The quantitative estimate of drug-likeness (QED) is 0.586. The van der Waals surface area contributed by atoms with E-state index in [0.29, 0.717) is 16.1 Å². The van der Waals surface area contributed by atoms with Crippen LogP contribution in [0.2, 0.25) is 5.02 Å². The molecule has 0 aliphatic heterocycles. The smallest absolute Gasteiger partial charge is 0.185 e. The molecule has 2 rings (SSSR count). The fourth-order valence-corrected chi connectivity index (χ4v) is 1.77. The molecule has 1 nitrogen and oxygen atoms in total. The van der Waals surface area contributed by atoms with Crippen molar-refractivity contribution in [2.75, 3.05) is 0 Å². The monoisotopic (exact) mass is 274 g/mol. The van der Waals surface area contributed by atoms with Crippen LogP contribution < -0.4 is 0 Å². The van der Waals surface area contributed by atoms with Gasteiger partial charge in [0.1, 0.15) is 5.82 Å². The van der Waals surface area contributed by atoms with Gasteiger partial charge in [0.15, 0.2) is 5.78 Å². The summed E-state index contributed by atoms with van der Waals surface area (Å²) in [4.78, 5) is 11.9. The normalized spacial score (nSPS) is 10.9. The second-order valence-corrected chi connectivity index (χ2v) is 4.65. The average Bonchev–Trinajstić information content (AvgIpc) is 2.41. The van der Waals surface area contributed by atoms with E-state index in [1.807, 2.05) is 12.1 Å². The van der Waals surface area contributed by atoms with Crippen molar-refractivity contribution in [3.8, 4) is 0 Å². The predicted molar refractivity (Wildman–Crippen MR) is 76.0 cm³/mol. The van der Waals surface area contributed by atoms with Crippen LogP contribution in [0.1, 0.15) is 21.5 Å². The summed E-state index contributed by atoms with van der Waals surface area (Å²) >= 11 is 5.78. The van der Waals surface area contributed by atoms with Crippen molar-refractivity contribution in [3.63, 3.8) is 0 Å². The number of hydrogen-bond donors (Lipinski definition) is 0. The van der Waals surface area contributed by atoms with Gasteiger partial charge in [-0.05, 0) is 54.5 Å². The first-order chi connectivity index (χ1) is 9.06. The van der Waals surface area contributed by atoms with Crippen LogP contribution in [0.4, 0.5) is 4.39 Å². The molecule has 2 aromatic rings. The van der Waals surface area contributed by atoms with Gasteiger partial charge >= 0.3 is 0 Å². The maximum absolute atomic E-state index is 13.1. The molecule has 0 aliphatic rings. The molecule has 0 fully saturated rings. The number of halogens is 2. The van der Waals surface area contributed by atoms with E-state index in [-0.39, 0.29) is 11.6 Å². The minimum Gasteiger partial charge on any atom is -0.289 e. The number of benzene rings is 2. The topological polar surface area (TPSA) is 17.1 Å². The molecule has 0 amide bonds. The van der Waals surface area contributed by atoms with E-state index in [1.54, 1.807) is 31.2 Å². The highest BCUT2D eigenvalue weighted by molar-refractivity contribution is 6.30. The third-order valence-corrected chi connectivity index (χ3v) is 2.99. The summed E-state index contributed by atoms with van der Waals surface area (Å²) in [7, 11) is 0. The van der Waals surface area contributed by atoms with Gasteiger partial charge in [0.05, 0.1) is 0 Å². The molecule has 3 heteroatoms. The van der Waals surface area contributed by atoms with E-state index in [0.717, 1.165) is 5.56 Å². The predicted octanol–water partition coefficient (Wildman–Crippen LogP) is 4.68. The molecule has 0 aromatic heterocycles. The van der Waals surface area contributed by atoms with Crippen LogP contribution in [0.25, 0.3) is 6.08 Å². The first-order valence-corrected chi connectivity index (χ1v) is 6.18. The number of aryl methyl sites for hydroxylation is 1. The van der Waals surface area contributed by atoms with E-state index in [2.05, 4.69) is 0 Å². The molecule has 0 saturated heterocycles. The van der Waals surface area contributed by atoms with E-state index in [4.69, 9.17) is 11.6 Å². The van der Waals surface area contributed by atoms with Crippen LogP contribution in [0.3, 0.4) is 0 Å². The zero-order valence-electron chi connectivity index (χ0n) is 10.4. The summed E-state index contributed by atoms with van der Waals surface area (Å²) in [6, 6.07) is 11.5. The summed E-state index contributed by atoms with van der Waals surface area (Å²) in [5.41, 5.74) is 1.83. The highest BCUT2D eigenvalue weighted by Crippen LogP contribution is 2.13. The van der Waals surface area contributed by atoms with Gasteiger partial charge in [-0.15, -0.1) is 0 Å². The summed E-state index contributed by atoms with van der Waals surface area (Å²) in [6.45, 7) is 1.63. The molecule has 2 aromatic carbocycles. The van der Waals surface area contributed by atoms with Crippen LogP contribution in [-0.2, 0) is 0 Å². The minimum atomic E-state index is -0.307.